The van der Waals surface area contributed by atoms with E-state index in [4.69, 9.17) is 0 Å². The van der Waals surface area contributed by atoms with Crippen LogP contribution in [-0.2, 0) is 0 Å². The molecule has 0 amide bonds. The number of hydrogen-bond acceptors (Lipinski definition) is 1. The zero-order valence-corrected chi connectivity index (χ0v) is 12.1. The van der Waals surface area contributed by atoms with Crippen LogP contribution in [0, 0.1) is 5.41 Å². The van der Waals surface area contributed by atoms with Crippen LogP contribution >= 0.6 is 0 Å². The van der Waals surface area contributed by atoms with Crippen LogP contribution in [0.5, 0.6) is 0 Å². The second-order valence-electron chi connectivity index (χ2n) is 5.19. The molecule has 0 spiro atoms. The normalized spacial score (nSPS) is 15.0. The molecular formula is C15H33N. The van der Waals surface area contributed by atoms with E-state index in [0.29, 0.717) is 5.41 Å². The summed E-state index contributed by atoms with van der Waals surface area (Å²) in [4.78, 5) is 0. The monoisotopic (exact) mass is 227 g/mol. The van der Waals surface area contributed by atoms with Crippen molar-refractivity contribution in [1.29, 1.82) is 0 Å². The molecule has 1 atom stereocenters. The Morgan fingerprint density at radius 2 is 1.44 bits per heavy atom. The Hall–Kier alpha value is -0.0400. The number of unbranched alkanes of at least 4 members (excludes halogenated alkanes) is 3. The summed E-state index contributed by atoms with van der Waals surface area (Å²) in [5.41, 5.74) is 0.585. The van der Waals surface area contributed by atoms with E-state index in [1.165, 1.54) is 57.9 Å². The molecule has 0 rings (SSSR count). The highest BCUT2D eigenvalue weighted by Crippen LogP contribution is 2.34. The van der Waals surface area contributed by atoms with Gasteiger partial charge in [-0.25, -0.2) is 0 Å². The predicted octanol–water partition coefficient (Wildman–Crippen LogP) is 4.76. The molecule has 0 saturated heterocycles. The fourth-order valence-corrected chi connectivity index (χ4v) is 2.47. The van der Waals surface area contributed by atoms with Gasteiger partial charge >= 0.3 is 0 Å². The second kappa shape index (κ2) is 10.1. The molecular weight excluding hydrogens is 194 g/mol. The number of rotatable bonds is 11. The smallest absolute Gasteiger partial charge is 0.000759 e. The van der Waals surface area contributed by atoms with Gasteiger partial charge in [-0.2, -0.15) is 0 Å². The molecule has 1 heteroatoms. The van der Waals surface area contributed by atoms with Crippen LogP contribution in [0.4, 0.5) is 0 Å². The maximum atomic E-state index is 3.58. The van der Waals surface area contributed by atoms with Crippen LogP contribution in [0.1, 0.15) is 79.1 Å². The molecule has 0 bridgehead atoms. The van der Waals surface area contributed by atoms with Crippen molar-refractivity contribution in [3.8, 4) is 0 Å². The molecule has 0 heterocycles. The zero-order chi connectivity index (χ0) is 12.3. The molecule has 1 unspecified atom stereocenters. The molecule has 0 aliphatic heterocycles. The van der Waals surface area contributed by atoms with Gasteiger partial charge in [0, 0.05) is 6.54 Å². The van der Waals surface area contributed by atoms with E-state index in [-0.39, 0.29) is 0 Å². The minimum Gasteiger partial charge on any atom is -0.316 e. The molecule has 0 aliphatic rings. The predicted molar refractivity (Wildman–Crippen MR) is 74.9 cm³/mol. The maximum Gasteiger partial charge on any atom is 0.000759 e. The van der Waals surface area contributed by atoms with E-state index >= 15 is 0 Å². The fourth-order valence-electron chi connectivity index (χ4n) is 2.47. The topological polar surface area (TPSA) is 12.0 Å². The average molecular weight is 227 g/mol. The first kappa shape index (κ1) is 16.0. The maximum absolute atomic E-state index is 3.58. The highest BCUT2D eigenvalue weighted by atomic mass is 14.9. The van der Waals surface area contributed by atoms with Crippen molar-refractivity contribution in [3.05, 3.63) is 0 Å². The minimum atomic E-state index is 0.585. The Kier molecular flexibility index (Phi) is 10.1. The highest BCUT2D eigenvalue weighted by Gasteiger charge is 2.26. The highest BCUT2D eigenvalue weighted by molar-refractivity contribution is 4.80. The third-order valence-corrected chi connectivity index (χ3v) is 3.87. The first-order valence-corrected chi connectivity index (χ1v) is 7.45. The number of hydrogen-bond donors (Lipinski definition) is 1. The third kappa shape index (κ3) is 6.52. The lowest BCUT2D eigenvalue weighted by molar-refractivity contribution is 0.206. The fraction of sp³-hybridized carbons (Fsp3) is 1.00. The Labute approximate surface area is 103 Å². The lowest BCUT2D eigenvalue weighted by atomic mass is 9.76. The van der Waals surface area contributed by atoms with Crippen molar-refractivity contribution in [2.75, 3.05) is 13.1 Å². The summed E-state index contributed by atoms with van der Waals surface area (Å²) in [6, 6.07) is 0. The molecule has 0 saturated carbocycles. The summed E-state index contributed by atoms with van der Waals surface area (Å²) >= 11 is 0. The molecule has 98 valence electrons. The van der Waals surface area contributed by atoms with Gasteiger partial charge in [0.25, 0.3) is 0 Å². The van der Waals surface area contributed by atoms with Crippen LogP contribution in [0.3, 0.4) is 0 Å². The summed E-state index contributed by atoms with van der Waals surface area (Å²) in [6.45, 7) is 11.5. The van der Waals surface area contributed by atoms with E-state index in [1.54, 1.807) is 0 Å². The summed E-state index contributed by atoms with van der Waals surface area (Å²) < 4.78 is 0. The Morgan fingerprint density at radius 1 is 0.812 bits per heavy atom. The van der Waals surface area contributed by atoms with Crippen molar-refractivity contribution in [2.24, 2.45) is 5.41 Å². The summed E-state index contributed by atoms with van der Waals surface area (Å²) in [5, 5.41) is 3.58. The molecule has 0 fully saturated rings. The van der Waals surface area contributed by atoms with Gasteiger partial charge < -0.3 is 5.32 Å². The van der Waals surface area contributed by atoms with Gasteiger partial charge in [0.1, 0.15) is 0 Å². The first-order chi connectivity index (χ1) is 7.74. The SMILES string of the molecule is CCCCCC(CC)(CCCC)CNCC. The molecule has 16 heavy (non-hydrogen) atoms. The van der Waals surface area contributed by atoms with Gasteiger partial charge in [0.05, 0.1) is 0 Å². The second-order valence-corrected chi connectivity index (χ2v) is 5.19. The van der Waals surface area contributed by atoms with Gasteiger partial charge in [-0.3, -0.25) is 0 Å². The first-order valence-electron chi connectivity index (χ1n) is 7.45. The van der Waals surface area contributed by atoms with E-state index in [1.807, 2.05) is 0 Å². The van der Waals surface area contributed by atoms with Crippen LogP contribution in [-0.4, -0.2) is 13.1 Å². The van der Waals surface area contributed by atoms with Crippen molar-refractivity contribution < 1.29 is 0 Å². The summed E-state index contributed by atoms with van der Waals surface area (Å²) in [7, 11) is 0. The zero-order valence-electron chi connectivity index (χ0n) is 12.1. The van der Waals surface area contributed by atoms with E-state index in [9.17, 15) is 0 Å². The lowest BCUT2D eigenvalue weighted by Gasteiger charge is -2.33. The lowest BCUT2D eigenvalue weighted by Crippen LogP contribution is -2.34. The van der Waals surface area contributed by atoms with E-state index in [0.717, 1.165) is 6.54 Å². The van der Waals surface area contributed by atoms with Crippen LogP contribution in [0.15, 0.2) is 0 Å². The van der Waals surface area contributed by atoms with Gasteiger partial charge in [-0.05, 0) is 31.2 Å². The standard InChI is InChI=1S/C15H33N/c1-5-9-11-13-15(7-3,12-10-6-2)14-16-8-4/h16H,5-14H2,1-4H3. The van der Waals surface area contributed by atoms with Crippen molar-refractivity contribution in [3.63, 3.8) is 0 Å². The van der Waals surface area contributed by atoms with Gasteiger partial charge in [-0.15, -0.1) is 0 Å². The Bertz CT molecular complexity index is 134. The van der Waals surface area contributed by atoms with Gasteiger partial charge in [0.15, 0.2) is 0 Å². The number of nitrogens with one attached hydrogen (secondary N) is 1. The summed E-state index contributed by atoms with van der Waals surface area (Å²) in [5.74, 6) is 0. The largest absolute Gasteiger partial charge is 0.316 e. The van der Waals surface area contributed by atoms with E-state index in [2.05, 4.69) is 33.0 Å². The van der Waals surface area contributed by atoms with Crippen molar-refractivity contribution in [2.45, 2.75) is 79.1 Å². The average Bonchev–Trinajstić information content (AvgIpc) is 2.32. The Morgan fingerprint density at radius 3 is 1.94 bits per heavy atom. The van der Waals surface area contributed by atoms with Crippen LogP contribution < -0.4 is 5.32 Å². The quantitative estimate of drug-likeness (QED) is 0.502. The molecule has 0 aliphatic carbocycles. The van der Waals surface area contributed by atoms with Crippen molar-refractivity contribution >= 4 is 0 Å². The van der Waals surface area contributed by atoms with Crippen LogP contribution in [0.2, 0.25) is 0 Å². The third-order valence-electron chi connectivity index (χ3n) is 3.87. The minimum absolute atomic E-state index is 0.585. The summed E-state index contributed by atoms with van der Waals surface area (Å²) in [6.07, 6.45) is 11.1. The molecule has 1 nitrogen and oxygen atoms in total. The Balaban J connectivity index is 4.16. The van der Waals surface area contributed by atoms with Crippen LogP contribution in [0.25, 0.3) is 0 Å². The van der Waals surface area contributed by atoms with Gasteiger partial charge in [-0.1, -0.05) is 59.8 Å². The van der Waals surface area contributed by atoms with E-state index < -0.39 is 0 Å². The van der Waals surface area contributed by atoms with Gasteiger partial charge in [0.2, 0.25) is 0 Å². The molecule has 0 aromatic rings. The molecule has 0 aromatic carbocycles. The molecule has 1 N–H and O–H groups in total. The molecule has 0 aromatic heterocycles. The van der Waals surface area contributed by atoms with Crippen molar-refractivity contribution in [1.82, 2.24) is 5.32 Å². The molecule has 0 radical (unpaired) electrons.